The summed E-state index contributed by atoms with van der Waals surface area (Å²) in [6.07, 6.45) is 7.48. The molecule has 1 N–H and O–H groups in total. The zero-order chi connectivity index (χ0) is 14.3. The minimum Gasteiger partial charge on any atom is -0.493 e. The smallest absolute Gasteiger partial charge is 0.179 e. The van der Waals surface area contributed by atoms with E-state index in [0.717, 1.165) is 18.4 Å². The van der Waals surface area contributed by atoms with Gasteiger partial charge >= 0.3 is 0 Å². The number of methoxy groups -OCH3 is 2. The highest BCUT2D eigenvalue weighted by Gasteiger charge is 2.11. The summed E-state index contributed by atoms with van der Waals surface area (Å²) in [4.78, 5) is 0. The lowest BCUT2D eigenvalue weighted by molar-refractivity contribution is 0.354. The summed E-state index contributed by atoms with van der Waals surface area (Å²) in [5.41, 5.74) is 1.01. The van der Waals surface area contributed by atoms with E-state index in [9.17, 15) is 0 Å². The summed E-state index contributed by atoms with van der Waals surface area (Å²) in [6.45, 7) is 2.76. The van der Waals surface area contributed by atoms with Crippen molar-refractivity contribution in [3.63, 3.8) is 0 Å². The van der Waals surface area contributed by atoms with E-state index in [1.165, 1.54) is 0 Å². The second kappa shape index (κ2) is 7.93. The van der Waals surface area contributed by atoms with Gasteiger partial charge in [0.25, 0.3) is 0 Å². The zero-order valence-electron chi connectivity index (χ0n) is 11.6. The first-order valence-electron chi connectivity index (χ1n) is 6.26. The summed E-state index contributed by atoms with van der Waals surface area (Å²) >= 11 is 6.15. The topological polar surface area (TPSA) is 30.5 Å². The first kappa shape index (κ1) is 15.7. The Morgan fingerprint density at radius 1 is 1.37 bits per heavy atom. The highest BCUT2D eigenvalue weighted by molar-refractivity contribution is 6.32. The lowest BCUT2D eigenvalue weighted by atomic mass is 10.1. The molecule has 0 aliphatic heterocycles. The fourth-order valence-electron chi connectivity index (χ4n) is 1.85. The third kappa shape index (κ3) is 4.34. The van der Waals surface area contributed by atoms with Crippen molar-refractivity contribution in [1.82, 2.24) is 5.32 Å². The van der Waals surface area contributed by atoms with Gasteiger partial charge in [-0.2, -0.15) is 0 Å². The highest BCUT2D eigenvalue weighted by Crippen LogP contribution is 2.35. The summed E-state index contributed by atoms with van der Waals surface area (Å²) in [6, 6.07) is 3.84. The molecule has 3 nitrogen and oxygen atoms in total. The van der Waals surface area contributed by atoms with Crippen molar-refractivity contribution in [2.75, 3.05) is 14.2 Å². The maximum absolute atomic E-state index is 6.15. The van der Waals surface area contributed by atoms with Crippen molar-refractivity contribution in [3.8, 4) is 23.8 Å². The molecule has 0 bridgehead atoms. The van der Waals surface area contributed by atoms with Crippen LogP contribution in [-0.4, -0.2) is 20.3 Å². The molecule has 0 aromatic heterocycles. The van der Waals surface area contributed by atoms with Crippen LogP contribution in [0.3, 0.4) is 0 Å². The van der Waals surface area contributed by atoms with Crippen LogP contribution in [0.25, 0.3) is 0 Å². The quantitative estimate of drug-likeness (QED) is 0.778. The Hall–Kier alpha value is -1.37. The van der Waals surface area contributed by atoms with Crippen LogP contribution in [0.4, 0.5) is 0 Å². The molecule has 0 aliphatic rings. The van der Waals surface area contributed by atoms with Crippen molar-refractivity contribution in [1.29, 1.82) is 0 Å². The number of hydrogen-bond acceptors (Lipinski definition) is 3. The van der Waals surface area contributed by atoms with Crippen molar-refractivity contribution in [2.45, 2.75) is 32.4 Å². The Kier molecular flexibility index (Phi) is 6.55. The summed E-state index contributed by atoms with van der Waals surface area (Å²) in [5, 5.41) is 3.85. The molecule has 0 aliphatic carbocycles. The Morgan fingerprint density at radius 3 is 2.63 bits per heavy atom. The third-order valence-electron chi connectivity index (χ3n) is 2.82. The van der Waals surface area contributed by atoms with Crippen molar-refractivity contribution in [3.05, 3.63) is 22.7 Å². The first-order valence-corrected chi connectivity index (χ1v) is 6.63. The van der Waals surface area contributed by atoms with E-state index < -0.39 is 0 Å². The number of halogens is 1. The molecule has 104 valence electrons. The van der Waals surface area contributed by atoms with Crippen molar-refractivity contribution in [2.24, 2.45) is 0 Å². The number of rotatable bonds is 7. The molecule has 1 rings (SSSR count). The maximum Gasteiger partial charge on any atom is 0.179 e. The average molecular weight is 282 g/mol. The van der Waals surface area contributed by atoms with Crippen LogP contribution in [0.5, 0.6) is 11.5 Å². The van der Waals surface area contributed by atoms with E-state index >= 15 is 0 Å². The Balaban J connectivity index is 2.80. The highest BCUT2D eigenvalue weighted by atomic mass is 35.5. The number of benzene rings is 1. The van der Waals surface area contributed by atoms with Crippen LogP contribution in [0.1, 0.15) is 25.3 Å². The van der Waals surface area contributed by atoms with Gasteiger partial charge in [-0.3, -0.25) is 5.32 Å². The third-order valence-corrected chi connectivity index (χ3v) is 3.11. The van der Waals surface area contributed by atoms with Gasteiger partial charge in [0.1, 0.15) is 0 Å². The molecule has 1 unspecified atom stereocenters. The van der Waals surface area contributed by atoms with Crippen LogP contribution >= 0.6 is 11.6 Å². The lowest BCUT2D eigenvalue weighted by Crippen LogP contribution is -2.26. The minimum atomic E-state index is 0.0804. The Labute approximate surface area is 120 Å². The predicted octanol–water partition coefficient (Wildman–Crippen LogP) is 3.25. The normalized spacial score (nSPS) is 11.7. The van der Waals surface area contributed by atoms with E-state index in [1.807, 2.05) is 12.1 Å². The first-order chi connectivity index (χ1) is 9.15. The number of nitrogens with one attached hydrogen (secondary N) is 1. The molecule has 0 fully saturated rings. The molecule has 4 heteroatoms. The molecule has 1 aromatic carbocycles. The van der Waals surface area contributed by atoms with E-state index in [2.05, 4.69) is 18.2 Å². The lowest BCUT2D eigenvalue weighted by Gasteiger charge is -2.14. The molecule has 0 heterocycles. The van der Waals surface area contributed by atoms with Crippen molar-refractivity contribution >= 4 is 11.6 Å². The van der Waals surface area contributed by atoms with Crippen LogP contribution < -0.4 is 14.8 Å². The van der Waals surface area contributed by atoms with Gasteiger partial charge in [-0.15, -0.1) is 6.42 Å². The van der Waals surface area contributed by atoms with E-state index in [1.54, 1.807) is 14.2 Å². The average Bonchev–Trinajstić information content (AvgIpc) is 2.42. The summed E-state index contributed by atoms with van der Waals surface area (Å²) < 4.78 is 10.5. The number of hydrogen-bond donors (Lipinski definition) is 1. The van der Waals surface area contributed by atoms with Gasteiger partial charge in [0, 0.05) is 6.54 Å². The van der Waals surface area contributed by atoms with Crippen molar-refractivity contribution < 1.29 is 9.47 Å². The summed E-state index contributed by atoms with van der Waals surface area (Å²) in [5.74, 6) is 3.91. The van der Waals surface area contributed by atoms with Gasteiger partial charge in [-0.05, 0) is 24.1 Å². The summed E-state index contributed by atoms with van der Waals surface area (Å²) in [7, 11) is 3.16. The molecule has 0 amide bonds. The van der Waals surface area contributed by atoms with Gasteiger partial charge < -0.3 is 9.47 Å². The van der Waals surface area contributed by atoms with Gasteiger partial charge in [0.05, 0.1) is 25.3 Å². The molecule has 0 saturated carbocycles. The molecule has 1 aromatic rings. The number of ether oxygens (including phenoxy) is 2. The second-order valence-electron chi connectivity index (χ2n) is 4.20. The van der Waals surface area contributed by atoms with E-state index in [-0.39, 0.29) is 6.04 Å². The molecule has 0 saturated heterocycles. The Bertz CT molecular complexity index is 454. The molecular formula is C15H20ClNO2. The fraction of sp³-hybridized carbons (Fsp3) is 0.467. The minimum absolute atomic E-state index is 0.0804. The van der Waals surface area contributed by atoms with E-state index in [0.29, 0.717) is 23.1 Å². The number of terminal acetylenes is 1. The predicted molar refractivity (Wildman–Crippen MR) is 78.9 cm³/mol. The largest absolute Gasteiger partial charge is 0.493 e. The van der Waals surface area contributed by atoms with Gasteiger partial charge in [-0.25, -0.2) is 0 Å². The maximum atomic E-state index is 6.15. The SMILES string of the molecule is C#CC(CCC)NCc1cc(Cl)c(OC)c(OC)c1. The van der Waals surface area contributed by atoms with Gasteiger partial charge in [0.2, 0.25) is 0 Å². The molecule has 19 heavy (non-hydrogen) atoms. The van der Waals surface area contributed by atoms with Crippen LogP contribution in [-0.2, 0) is 6.54 Å². The fourth-order valence-corrected chi connectivity index (χ4v) is 2.16. The standard InChI is InChI=1S/C15H20ClNO2/c1-5-7-12(6-2)17-10-11-8-13(16)15(19-4)14(9-11)18-3/h2,8-9,12,17H,5,7,10H2,1,3-4H3. The molecule has 0 radical (unpaired) electrons. The van der Waals surface area contributed by atoms with E-state index in [4.69, 9.17) is 27.5 Å². The second-order valence-corrected chi connectivity index (χ2v) is 4.61. The Morgan fingerprint density at radius 2 is 2.11 bits per heavy atom. The molecule has 0 spiro atoms. The molecular weight excluding hydrogens is 262 g/mol. The zero-order valence-corrected chi connectivity index (χ0v) is 12.4. The molecule has 1 atom stereocenters. The van der Waals surface area contributed by atoms with Gasteiger partial charge in [-0.1, -0.05) is 30.9 Å². The van der Waals surface area contributed by atoms with Crippen LogP contribution in [0.2, 0.25) is 5.02 Å². The van der Waals surface area contributed by atoms with Crippen LogP contribution in [0, 0.1) is 12.3 Å². The van der Waals surface area contributed by atoms with Gasteiger partial charge in [0.15, 0.2) is 11.5 Å². The monoisotopic (exact) mass is 281 g/mol. The van der Waals surface area contributed by atoms with Crippen LogP contribution in [0.15, 0.2) is 12.1 Å².